The fraction of sp³-hybridized carbons (Fsp3) is 0.200. The van der Waals surface area contributed by atoms with Gasteiger partial charge in [-0.2, -0.15) is 4.99 Å². The maximum atomic E-state index is 12.9. The van der Waals surface area contributed by atoms with E-state index < -0.39 is 15.7 Å². The van der Waals surface area contributed by atoms with Crippen LogP contribution in [0.15, 0.2) is 46.3 Å². The third-order valence-corrected chi connectivity index (χ3v) is 6.31. The molecule has 9 heteroatoms. The van der Waals surface area contributed by atoms with Crippen LogP contribution in [0.2, 0.25) is 0 Å². The Balaban J connectivity index is 2.21. The van der Waals surface area contributed by atoms with Crippen molar-refractivity contribution in [2.24, 2.45) is 4.99 Å². The maximum Gasteiger partial charge on any atom is 0.283 e. The summed E-state index contributed by atoms with van der Waals surface area (Å²) < 4.78 is 36.6. The van der Waals surface area contributed by atoms with Crippen molar-refractivity contribution in [2.45, 2.75) is 11.4 Å². The zero-order chi connectivity index (χ0) is 21.2. The first-order chi connectivity index (χ1) is 13.8. The van der Waals surface area contributed by atoms with Gasteiger partial charge in [0.05, 0.1) is 41.4 Å². The van der Waals surface area contributed by atoms with Crippen molar-refractivity contribution in [3.8, 4) is 23.8 Å². The largest absolute Gasteiger partial charge is 0.493 e. The van der Waals surface area contributed by atoms with E-state index >= 15 is 0 Å². The number of para-hydroxylation sites is 1. The topological polar surface area (TPSA) is 87.0 Å². The van der Waals surface area contributed by atoms with E-state index in [0.717, 1.165) is 6.26 Å². The van der Waals surface area contributed by atoms with E-state index in [1.54, 1.807) is 34.9 Å². The van der Waals surface area contributed by atoms with Gasteiger partial charge in [0.2, 0.25) is 0 Å². The van der Waals surface area contributed by atoms with E-state index in [2.05, 4.69) is 10.9 Å². The molecule has 0 aliphatic carbocycles. The summed E-state index contributed by atoms with van der Waals surface area (Å²) in [4.78, 5) is 17.6. The minimum Gasteiger partial charge on any atom is -0.493 e. The molecule has 7 nitrogen and oxygen atoms in total. The monoisotopic (exact) mass is 430 g/mol. The number of benzene rings is 2. The van der Waals surface area contributed by atoms with Crippen LogP contribution < -0.4 is 14.3 Å². The number of sulfone groups is 1. The number of nitrogens with zero attached hydrogens (tertiary/aromatic N) is 2. The van der Waals surface area contributed by atoms with E-state index in [0.29, 0.717) is 20.8 Å². The fourth-order valence-corrected chi connectivity index (χ4v) is 4.61. The molecular formula is C20H18N2O5S2. The first-order valence-electron chi connectivity index (χ1n) is 8.37. The smallest absolute Gasteiger partial charge is 0.283 e. The molecule has 29 heavy (non-hydrogen) atoms. The van der Waals surface area contributed by atoms with Gasteiger partial charge >= 0.3 is 0 Å². The fourth-order valence-electron chi connectivity index (χ4n) is 2.82. The van der Waals surface area contributed by atoms with Crippen molar-refractivity contribution in [3.63, 3.8) is 0 Å². The Morgan fingerprint density at radius 2 is 2.00 bits per heavy atom. The zero-order valence-corrected chi connectivity index (χ0v) is 17.6. The molecule has 0 saturated carbocycles. The SMILES string of the molecule is C#CCn1c(=NC(=O)c2cccc(OC)c2OC)sc2cc(S(C)(=O)=O)ccc21. The number of aromatic nitrogens is 1. The standard InChI is InChI=1S/C20H18N2O5S2/c1-5-11-22-15-10-9-13(29(4,24)25)12-17(15)28-20(22)21-19(23)14-7-6-8-16(26-2)18(14)27-3/h1,6-10,12H,11H2,2-4H3. The summed E-state index contributed by atoms with van der Waals surface area (Å²) in [6.07, 6.45) is 6.62. The molecule has 0 bridgehead atoms. The Bertz CT molecular complexity index is 1310. The number of rotatable bonds is 5. The molecule has 0 saturated heterocycles. The third-order valence-electron chi connectivity index (χ3n) is 4.16. The van der Waals surface area contributed by atoms with Gasteiger partial charge in [0, 0.05) is 6.26 Å². The lowest BCUT2D eigenvalue weighted by molar-refractivity contribution is 0.0994. The van der Waals surface area contributed by atoms with Gasteiger partial charge in [-0.1, -0.05) is 23.3 Å². The van der Waals surface area contributed by atoms with Gasteiger partial charge in [-0.25, -0.2) is 8.42 Å². The minimum atomic E-state index is -3.36. The molecule has 0 aliphatic heterocycles. The number of terminal acetylenes is 1. The first-order valence-corrected chi connectivity index (χ1v) is 11.1. The molecule has 0 aliphatic rings. The summed E-state index contributed by atoms with van der Waals surface area (Å²) in [5.74, 6) is 2.71. The van der Waals surface area contributed by atoms with E-state index in [-0.39, 0.29) is 22.8 Å². The van der Waals surface area contributed by atoms with Crippen LogP contribution >= 0.6 is 11.3 Å². The van der Waals surface area contributed by atoms with Crippen molar-refractivity contribution >= 4 is 37.3 Å². The van der Waals surface area contributed by atoms with Crippen LogP contribution in [-0.4, -0.2) is 39.4 Å². The molecule has 0 spiro atoms. The predicted molar refractivity (Wildman–Crippen MR) is 111 cm³/mol. The average molecular weight is 431 g/mol. The highest BCUT2D eigenvalue weighted by Gasteiger charge is 2.17. The lowest BCUT2D eigenvalue weighted by Gasteiger charge is -2.09. The van der Waals surface area contributed by atoms with Gasteiger partial charge in [0.1, 0.15) is 0 Å². The van der Waals surface area contributed by atoms with Gasteiger partial charge in [-0.05, 0) is 30.3 Å². The Morgan fingerprint density at radius 1 is 1.24 bits per heavy atom. The van der Waals surface area contributed by atoms with Gasteiger partial charge < -0.3 is 14.0 Å². The van der Waals surface area contributed by atoms with Crippen LogP contribution in [0.1, 0.15) is 10.4 Å². The molecular weight excluding hydrogens is 412 g/mol. The molecule has 0 N–H and O–H groups in total. The lowest BCUT2D eigenvalue weighted by atomic mass is 10.2. The van der Waals surface area contributed by atoms with Gasteiger partial charge in [0.15, 0.2) is 26.1 Å². The molecule has 2 aromatic carbocycles. The zero-order valence-electron chi connectivity index (χ0n) is 16.0. The Kier molecular flexibility index (Phi) is 5.77. The highest BCUT2D eigenvalue weighted by molar-refractivity contribution is 7.90. The number of methoxy groups -OCH3 is 2. The molecule has 0 atom stereocenters. The number of carbonyl (C=O) groups is 1. The predicted octanol–water partition coefficient (Wildman–Crippen LogP) is 2.50. The molecule has 0 unspecified atom stereocenters. The summed E-state index contributed by atoms with van der Waals surface area (Å²) in [6, 6.07) is 9.66. The summed E-state index contributed by atoms with van der Waals surface area (Å²) >= 11 is 1.18. The van der Waals surface area contributed by atoms with E-state index in [9.17, 15) is 13.2 Å². The molecule has 1 aromatic heterocycles. The van der Waals surface area contributed by atoms with Crippen LogP contribution in [0.25, 0.3) is 10.2 Å². The number of fused-ring (bicyclic) bond motifs is 1. The van der Waals surface area contributed by atoms with Crippen molar-refractivity contribution in [1.82, 2.24) is 4.57 Å². The van der Waals surface area contributed by atoms with Crippen LogP contribution in [0.5, 0.6) is 11.5 Å². The van der Waals surface area contributed by atoms with Crippen LogP contribution in [-0.2, 0) is 16.4 Å². The second-order valence-corrected chi connectivity index (χ2v) is 9.06. The number of thiazole rings is 1. The number of ether oxygens (including phenoxy) is 2. The first kappa shape index (κ1) is 20.6. The molecule has 150 valence electrons. The van der Waals surface area contributed by atoms with Crippen molar-refractivity contribution in [2.75, 3.05) is 20.5 Å². The van der Waals surface area contributed by atoms with Crippen molar-refractivity contribution < 1.29 is 22.7 Å². The third kappa shape index (κ3) is 4.04. The molecule has 1 amide bonds. The normalized spacial score (nSPS) is 12.0. The van der Waals surface area contributed by atoms with Crippen LogP contribution in [0.3, 0.4) is 0 Å². The number of carbonyl (C=O) groups excluding carboxylic acids is 1. The van der Waals surface area contributed by atoms with E-state index in [1.165, 1.54) is 31.6 Å². The van der Waals surface area contributed by atoms with Crippen LogP contribution in [0.4, 0.5) is 0 Å². The van der Waals surface area contributed by atoms with E-state index in [4.69, 9.17) is 15.9 Å². The summed E-state index contributed by atoms with van der Waals surface area (Å²) in [7, 11) is -0.438. The van der Waals surface area contributed by atoms with Gasteiger partial charge in [0.25, 0.3) is 5.91 Å². The Hall–Kier alpha value is -3.09. The summed E-state index contributed by atoms with van der Waals surface area (Å²) in [5, 5.41) is 0. The Morgan fingerprint density at radius 3 is 2.62 bits per heavy atom. The Labute approximate surface area is 172 Å². The van der Waals surface area contributed by atoms with Gasteiger partial charge in [-0.3, -0.25) is 4.79 Å². The second-order valence-electron chi connectivity index (χ2n) is 6.03. The molecule has 0 fully saturated rings. The highest BCUT2D eigenvalue weighted by atomic mass is 32.2. The average Bonchev–Trinajstić information content (AvgIpc) is 3.03. The molecule has 1 heterocycles. The minimum absolute atomic E-state index is 0.180. The summed E-state index contributed by atoms with van der Waals surface area (Å²) in [5.41, 5.74) is 0.942. The molecule has 3 rings (SSSR count). The maximum absolute atomic E-state index is 12.9. The lowest BCUT2D eigenvalue weighted by Crippen LogP contribution is -2.16. The highest BCUT2D eigenvalue weighted by Crippen LogP contribution is 2.31. The molecule has 0 radical (unpaired) electrons. The van der Waals surface area contributed by atoms with Crippen molar-refractivity contribution in [3.05, 3.63) is 46.8 Å². The van der Waals surface area contributed by atoms with E-state index in [1.807, 2.05) is 0 Å². The molecule has 3 aromatic rings. The van der Waals surface area contributed by atoms with Gasteiger partial charge in [-0.15, -0.1) is 6.42 Å². The summed E-state index contributed by atoms with van der Waals surface area (Å²) in [6.45, 7) is 0.180. The number of amides is 1. The quantitative estimate of drug-likeness (QED) is 0.581. The van der Waals surface area contributed by atoms with Crippen LogP contribution in [0, 0.1) is 12.3 Å². The number of hydrogen-bond acceptors (Lipinski definition) is 6. The number of hydrogen-bond donors (Lipinski definition) is 0. The second kappa shape index (κ2) is 8.11. The van der Waals surface area contributed by atoms with Crippen molar-refractivity contribution in [1.29, 1.82) is 0 Å².